The Kier molecular flexibility index (Phi) is 3.41. The highest BCUT2D eigenvalue weighted by Crippen LogP contribution is 2.17. The van der Waals surface area contributed by atoms with Crippen LogP contribution in [-0.4, -0.2) is 19.5 Å². The van der Waals surface area contributed by atoms with Gasteiger partial charge in [0, 0.05) is 18.4 Å². The number of aryl methyl sites for hydroxylation is 2. The topological polar surface area (TPSA) is 58.5 Å². The molecule has 0 amide bonds. The van der Waals surface area contributed by atoms with Crippen LogP contribution >= 0.6 is 0 Å². The van der Waals surface area contributed by atoms with Crippen LogP contribution in [0.4, 0.5) is 5.69 Å². The van der Waals surface area contributed by atoms with Crippen LogP contribution in [0, 0.1) is 6.92 Å². The van der Waals surface area contributed by atoms with Gasteiger partial charge in [-0.3, -0.25) is 0 Å². The predicted molar refractivity (Wildman–Crippen MR) is 80.7 cm³/mol. The number of hydrogen-bond donors (Lipinski definition) is 2. The summed E-state index contributed by atoms with van der Waals surface area (Å²) in [6, 6.07) is 6.18. The zero-order valence-corrected chi connectivity index (χ0v) is 11.8. The van der Waals surface area contributed by atoms with Crippen LogP contribution in [-0.2, 0) is 13.1 Å². The summed E-state index contributed by atoms with van der Waals surface area (Å²) in [5.74, 6) is 0.943. The van der Waals surface area contributed by atoms with Gasteiger partial charge in [-0.05, 0) is 31.5 Å². The molecule has 0 atom stereocenters. The van der Waals surface area contributed by atoms with E-state index < -0.39 is 0 Å². The van der Waals surface area contributed by atoms with Gasteiger partial charge in [0.15, 0.2) is 0 Å². The molecular formula is C15H19N5. The lowest BCUT2D eigenvalue weighted by Gasteiger charge is -2.09. The number of hydrogen-bond acceptors (Lipinski definition) is 3. The Morgan fingerprint density at radius 3 is 3.10 bits per heavy atom. The molecule has 0 aliphatic rings. The SMILES string of the molecule is CCCn1cncc1CNc1ccc2nc(C)[nH]c2c1. The largest absolute Gasteiger partial charge is 0.379 e. The third-order valence-electron chi connectivity index (χ3n) is 3.34. The predicted octanol–water partition coefficient (Wildman–Crippen LogP) is 3.09. The van der Waals surface area contributed by atoms with Gasteiger partial charge in [-0.1, -0.05) is 6.92 Å². The molecule has 0 aliphatic carbocycles. The Labute approximate surface area is 118 Å². The lowest BCUT2D eigenvalue weighted by Crippen LogP contribution is -2.06. The lowest BCUT2D eigenvalue weighted by molar-refractivity contribution is 0.651. The second kappa shape index (κ2) is 5.36. The number of aromatic nitrogens is 4. The second-order valence-corrected chi connectivity index (χ2v) is 4.99. The van der Waals surface area contributed by atoms with E-state index in [1.807, 2.05) is 25.5 Å². The second-order valence-electron chi connectivity index (χ2n) is 4.99. The number of imidazole rings is 2. The highest BCUT2D eigenvalue weighted by molar-refractivity contribution is 5.79. The Bertz CT molecular complexity index is 710. The smallest absolute Gasteiger partial charge is 0.104 e. The van der Waals surface area contributed by atoms with E-state index in [-0.39, 0.29) is 0 Å². The molecule has 0 saturated carbocycles. The fourth-order valence-electron chi connectivity index (χ4n) is 2.38. The molecule has 0 saturated heterocycles. The molecule has 5 heteroatoms. The van der Waals surface area contributed by atoms with E-state index in [4.69, 9.17) is 0 Å². The number of fused-ring (bicyclic) bond motifs is 1. The minimum absolute atomic E-state index is 0.776. The molecule has 104 valence electrons. The van der Waals surface area contributed by atoms with E-state index in [1.54, 1.807) is 0 Å². The molecule has 0 radical (unpaired) electrons. The average molecular weight is 269 g/mol. The number of rotatable bonds is 5. The Morgan fingerprint density at radius 1 is 1.35 bits per heavy atom. The van der Waals surface area contributed by atoms with Crippen molar-refractivity contribution in [1.29, 1.82) is 0 Å². The Balaban J connectivity index is 1.74. The van der Waals surface area contributed by atoms with Crippen LogP contribution in [0.1, 0.15) is 24.9 Å². The summed E-state index contributed by atoms with van der Waals surface area (Å²) < 4.78 is 2.19. The fraction of sp³-hybridized carbons (Fsp3) is 0.333. The van der Waals surface area contributed by atoms with Crippen LogP contribution in [0.3, 0.4) is 0 Å². The normalized spacial score (nSPS) is 11.1. The molecule has 0 fully saturated rings. The number of nitrogens with one attached hydrogen (secondary N) is 2. The Hall–Kier alpha value is -2.30. The zero-order chi connectivity index (χ0) is 13.9. The Morgan fingerprint density at radius 2 is 2.25 bits per heavy atom. The van der Waals surface area contributed by atoms with Gasteiger partial charge in [0.05, 0.1) is 29.6 Å². The summed E-state index contributed by atoms with van der Waals surface area (Å²) in [5.41, 5.74) is 4.36. The van der Waals surface area contributed by atoms with Gasteiger partial charge in [0.25, 0.3) is 0 Å². The number of benzene rings is 1. The van der Waals surface area contributed by atoms with Gasteiger partial charge in [0.2, 0.25) is 0 Å². The van der Waals surface area contributed by atoms with Gasteiger partial charge < -0.3 is 14.9 Å². The van der Waals surface area contributed by atoms with Crippen molar-refractivity contribution in [2.45, 2.75) is 33.4 Å². The van der Waals surface area contributed by atoms with Crippen molar-refractivity contribution < 1.29 is 0 Å². The molecule has 20 heavy (non-hydrogen) atoms. The zero-order valence-electron chi connectivity index (χ0n) is 11.8. The van der Waals surface area contributed by atoms with E-state index in [0.29, 0.717) is 0 Å². The summed E-state index contributed by atoms with van der Waals surface area (Å²) in [6.07, 6.45) is 4.92. The molecule has 2 aromatic heterocycles. The van der Waals surface area contributed by atoms with E-state index in [1.165, 1.54) is 5.69 Å². The maximum absolute atomic E-state index is 4.41. The molecule has 0 bridgehead atoms. The maximum Gasteiger partial charge on any atom is 0.104 e. The first-order valence-electron chi connectivity index (χ1n) is 6.95. The maximum atomic E-state index is 4.41. The number of anilines is 1. The van der Waals surface area contributed by atoms with Gasteiger partial charge in [-0.25, -0.2) is 9.97 Å². The van der Waals surface area contributed by atoms with Crippen molar-refractivity contribution >= 4 is 16.7 Å². The number of H-pyrrole nitrogens is 1. The molecule has 0 aliphatic heterocycles. The third kappa shape index (κ3) is 2.52. The molecule has 1 aromatic carbocycles. The minimum atomic E-state index is 0.776. The van der Waals surface area contributed by atoms with Crippen LogP contribution in [0.2, 0.25) is 0 Å². The quantitative estimate of drug-likeness (QED) is 0.748. The molecule has 3 rings (SSSR count). The minimum Gasteiger partial charge on any atom is -0.379 e. The summed E-state index contributed by atoms with van der Waals surface area (Å²) >= 11 is 0. The molecule has 2 heterocycles. The summed E-state index contributed by atoms with van der Waals surface area (Å²) in [5, 5.41) is 3.44. The molecule has 2 N–H and O–H groups in total. The van der Waals surface area contributed by atoms with Crippen molar-refractivity contribution in [3.8, 4) is 0 Å². The molecule has 3 aromatic rings. The summed E-state index contributed by atoms with van der Waals surface area (Å²) in [7, 11) is 0. The van der Waals surface area contributed by atoms with Crippen molar-refractivity contribution in [1.82, 2.24) is 19.5 Å². The fourth-order valence-corrected chi connectivity index (χ4v) is 2.38. The first-order valence-corrected chi connectivity index (χ1v) is 6.95. The lowest BCUT2D eigenvalue weighted by atomic mass is 10.2. The van der Waals surface area contributed by atoms with Gasteiger partial charge >= 0.3 is 0 Å². The van der Waals surface area contributed by atoms with Gasteiger partial charge in [-0.2, -0.15) is 0 Å². The van der Waals surface area contributed by atoms with Crippen molar-refractivity contribution in [3.05, 3.63) is 42.2 Å². The molecule has 5 nitrogen and oxygen atoms in total. The summed E-state index contributed by atoms with van der Waals surface area (Å²) in [4.78, 5) is 11.9. The average Bonchev–Trinajstić information content (AvgIpc) is 3.01. The highest BCUT2D eigenvalue weighted by Gasteiger charge is 2.03. The standard InChI is InChI=1S/C15H19N5/c1-3-6-20-10-16-8-13(20)9-17-12-4-5-14-15(7-12)19-11(2)18-14/h4-5,7-8,10,17H,3,6,9H2,1-2H3,(H,18,19). The molecular weight excluding hydrogens is 250 g/mol. The van der Waals surface area contributed by atoms with E-state index in [2.05, 4.69) is 43.9 Å². The summed E-state index contributed by atoms with van der Waals surface area (Å²) in [6.45, 7) is 5.93. The monoisotopic (exact) mass is 269 g/mol. The first-order chi connectivity index (χ1) is 9.76. The van der Waals surface area contributed by atoms with Crippen LogP contribution in [0.25, 0.3) is 11.0 Å². The number of aromatic amines is 1. The third-order valence-corrected chi connectivity index (χ3v) is 3.34. The van der Waals surface area contributed by atoms with Gasteiger partial charge in [-0.15, -0.1) is 0 Å². The van der Waals surface area contributed by atoms with E-state index >= 15 is 0 Å². The van der Waals surface area contributed by atoms with Crippen LogP contribution < -0.4 is 5.32 Å². The number of nitrogens with zero attached hydrogens (tertiary/aromatic N) is 3. The van der Waals surface area contributed by atoms with Crippen molar-refractivity contribution in [3.63, 3.8) is 0 Å². The first kappa shape index (κ1) is 12.7. The molecule has 0 spiro atoms. The van der Waals surface area contributed by atoms with Crippen LogP contribution in [0.5, 0.6) is 0 Å². The van der Waals surface area contributed by atoms with Gasteiger partial charge in [0.1, 0.15) is 5.82 Å². The van der Waals surface area contributed by atoms with Crippen LogP contribution in [0.15, 0.2) is 30.7 Å². The van der Waals surface area contributed by atoms with E-state index in [9.17, 15) is 0 Å². The molecule has 0 unspecified atom stereocenters. The van der Waals surface area contributed by atoms with E-state index in [0.717, 1.165) is 42.1 Å². The van der Waals surface area contributed by atoms with Crippen molar-refractivity contribution in [2.24, 2.45) is 0 Å². The van der Waals surface area contributed by atoms with Crippen molar-refractivity contribution in [2.75, 3.05) is 5.32 Å². The highest BCUT2D eigenvalue weighted by atomic mass is 15.1.